The third-order valence-corrected chi connectivity index (χ3v) is 3.92. The second kappa shape index (κ2) is 4.11. The molecule has 2 heterocycles. The summed E-state index contributed by atoms with van der Waals surface area (Å²) < 4.78 is 3.23. The third kappa shape index (κ3) is 2.05. The van der Waals surface area contributed by atoms with Crippen LogP contribution in [0.1, 0.15) is 12.8 Å². The minimum Gasteiger partial charge on any atom is -0.325 e. The summed E-state index contributed by atoms with van der Waals surface area (Å²) >= 11 is 0. The van der Waals surface area contributed by atoms with Crippen molar-refractivity contribution in [2.75, 3.05) is 26.7 Å². The molecule has 1 aliphatic heterocycles. The number of aromatic nitrogens is 3. The van der Waals surface area contributed by atoms with Gasteiger partial charge in [-0.05, 0) is 12.1 Å². The van der Waals surface area contributed by atoms with Crippen LogP contribution in [-0.4, -0.2) is 46.2 Å². The molecule has 0 spiro atoms. The Morgan fingerprint density at radius 3 is 2.82 bits per heavy atom. The first kappa shape index (κ1) is 10.7. The number of likely N-dealkylation sites (tertiary alicyclic amines) is 1. The van der Waals surface area contributed by atoms with Gasteiger partial charge in [-0.15, -0.1) is 5.10 Å². The van der Waals surface area contributed by atoms with Crippen molar-refractivity contribution in [3.63, 3.8) is 0 Å². The van der Waals surface area contributed by atoms with Crippen LogP contribution in [0.3, 0.4) is 0 Å². The number of rotatable bonds is 3. The SMILES string of the molecule is C[N+]1(CCn2nnc3ccccc32)CCCC1. The number of likely N-dealkylation sites (N-methyl/N-ethyl adjacent to an activating group) is 1. The van der Waals surface area contributed by atoms with Gasteiger partial charge in [-0.1, -0.05) is 17.3 Å². The first-order valence-electron chi connectivity index (χ1n) is 6.39. The van der Waals surface area contributed by atoms with E-state index < -0.39 is 0 Å². The van der Waals surface area contributed by atoms with Gasteiger partial charge >= 0.3 is 0 Å². The molecule has 1 aliphatic rings. The zero-order chi connectivity index (χ0) is 11.7. The number of benzene rings is 1. The van der Waals surface area contributed by atoms with Gasteiger partial charge in [-0.25, -0.2) is 4.68 Å². The predicted molar refractivity (Wildman–Crippen MR) is 67.5 cm³/mol. The fourth-order valence-electron chi connectivity index (χ4n) is 2.74. The van der Waals surface area contributed by atoms with Crippen LogP contribution in [0.4, 0.5) is 0 Å². The number of quaternary nitrogens is 1. The Morgan fingerprint density at radius 1 is 1.24 bits per heavy atom. The van der Waals surface area contributed by atoms with Crippen LogP contribution in [0.25, 0.3) is 11.0 Å². The van der Waals surface area contributed by atoms with E-state index in [9.17, 15) is 0 Å². The van der Waals surface area contributed by atoms with Crippen LogP contribution in [0, 0.1) is 0 Å². The molecule has 90 valence electrons. The first-order chi connectivity index (χ1) is 8.27. The lowest BCUT2D eigenvalue weighted by molar-refractivity contribution is -0.898. The fraction of sp³-hybridized carbons (Fsp3) is 0.538. The zero-order valence-corrected chi connectivity index (χ0v) is 10.3. The average Bonchev–Trinajstić information content (AvgIpc) is 2.94. The molecular weight excluding hydrogens is 212 g/mol. The third-order valence-electron chi connectivity index (χ3n) is 3.92. The molecule has 4 heteroatoms. The summed E-state index contributed by atoms with van der Waals surface area (Å²) in [6, 6.07) is 8.17. The van der Waals surface area contributed by atoms with Crippen molar-refractivity contribution in [3.8, 4) is 0 Å². The van der Waals surface area contributed by atoms with E-state index in [0.29, 0.717) is 0 Å². The smallest absolute Gasteiger partial charge is 0.113 e. The molecule has 0 bridgehead atoms. The van der Waals surface area contributed by atoms with Crippen molar-refractivity contribution >= 4 is 11.0 Å². The quantitative estimate of drug-likeness (QED) is 0.752. The van der Waals surface area contributed by atoms with Gasteiger partial charge in [0.2, 0.25) is 0 Å². The molecule has 3 rings (SSSR count). The molecule has 1 saturated heterocycles. The number of fused-ring (bicyclic) bond motifs is 1. The van der Waals surface area contributed by atoms with Crippen molar-refractivity contribution in [2.45, 2.75) is 19.4 Å². The monoisotopic (exact) mass is 231 g/mol. The molecule has 0 unspecified atom stereocenters. The summed E-state index contributed by atoms with van der Waals surface area (Å²) in [7, 11) is 2.35. The number of nitrogens with zero attached hydrogens (tertiary/aromatic N) is 4. The van der Waals surface area contributed by atoms with Gasteiger partial charge in [0.1, 0.15) is 5.52 Å². The van der Waals surface area contributed by atoms with E-state index in [-0.39, 0.29) is 0 Å². The minimum atomic E-state index is 0.969. The van der Waals surface area contributed by atoms with E-state index >= 15 is 0 Å². The van der Waals surface area contributed by atoms with Gasteiger partial charge in [0.05, 0.1) is 38.7 Å². The van der Waals surface area contributed by atoms with Gasteiger partial charge in [-0.3, -0.25) is 0 Å². The highest BCUT2D eigenvalue weighted by Gasteiger charge is 2.26. The summed E-state index contributed by atoms with van der Waals surface area (Å²) in [6.45, 7) is 4.75. The predicted octanol–water partition coefficient (Wildman–Crippen LogP) is 1.67. The van der Waals surface area contributed by atoms with Gasteiger partial charge in [0, 0.05) is 12.8 Å². The van der Waals surface area contributed by atoms with E-state index in [0.717, 1.165) is 24.1 Å². The molecule has 0 saturated carbocycles. The van der Waals surface area contributed by atoms with E-state index in [1.165, 1.54) is 30.4 Å². The summed E-state index contributed by atoms with van der Waals surface area (Å²) in [5, 5.41) is 8.44. The average molecular weight is 231 g/mol. The van der Waals surface area contributed by atoms with Crippen LogP contribution >= 0.6 is 0 Å². The highest BCUT2D eigenvalue weighted by atomic mass is 15.4. The first-order valence-corrected chi connectivity index (χ1v) is 6.39. The van der Waals surface area contributed by atoms with Crippen LogP contribution in [0.15, 0.2) is 24.3 Å². The molecule has 0 aliphatic carbocycles. The van der Waals surface area contributed by atoms with Crippen LogP contribution < -0.4 is 0 Å². The topological polar surface area (TPSA) is 30.7 Å². The molecule has 17 heavy (non-hydrogen) atoms. The maximum absolute atomic E-state index is 4.24. The molecule has 4 nitrogen and oxygen atoms in total. The standard InChI is InChI=1S/C13H19N4/c1-17(9-4-5-10-17)11-8-16-13-7-3-2-6-12(13)14-15-16/h2-3,6-7H,4-5,8-11H2,1H3/q+1. The second-order valence-corrected chi connectivity index (χ2v) is 5.30. The highest BCUT2D eigenvalue weighted by molar-refractivity contribution is 5.73. The van der Waals surface area contributed by atoms with Crippen molar-refractivity contribution in [3.05, 3.63) is 24.3 Å². The largest absolute Gasteiger partial charge is 0.325 e. The van der Waals surface area contributed by atoms with Gasteiger partial charge in [0.15, 0.2) is 0 Å². The van der Waals surface area contributed by atoms with Crippen molar-refractivity contribution in [1.82, 2.24) is 15.0 Å². The van der Waals surface area contributed by atoms with E-state index in [1.807, 2.05) is 22.9 Å². The lowest BCUT2D eigenvalue weighted by atomic mass is 10.3. The summed E-state index contributed by atoms with van der Waals surface area (Å²) in [5.74, 6) is 0. The fourth-order valence-corrected chi connectivity index (χ4v) is 2.74. The number of para-hydroxylation sites is 1. The van der Waals surface area contributed by atoms with E-state index in [2.05, 4.69) is 23.4 Å². The van der Waals surface area contributed by atoms with Crippen molar-refractivity contribution < 1.29 is 4.48 Å². The lowest BCUT2D eigenvalue weighted by Gasteiger charge is -2.28. The zero-order valence-electron chi connectivity index (χ0n) is 10.3. The molecule has 1 aromatic carbocycles. The Balaban J connectivity index is 1.76. The maximum Gasteiger partial charge on any atom is 0.113 e. The Labute approximate surface area is 101 Å². The molecule has 1 aromatic heterocycles. The second-order valence-electron chi connectivity index (χ2n) is 5.30. The van der Waals surface area contributed by atoms with Gasteiger partial charge in [0.25, 0.3) is 0 Å². The van der Waals surface area contributed by atoms with Crippen LogP contribution in [-0.2, 0) is 6.54 Å². The Bertz CT molecular complexity index is 511. The van der Waals surface area contributed by atoms with Crippen molar-refractivity contribution in [1.29, 1.82) is 0 Å². The lowest BCUT2D eigenvalue weighted by Crippen LogP contribution is -2.43. The number of hydrogen-bond donors (Lipinski definition) is 0. The highest BCUT2D eigenvalue weighted by Crippen LogP contribution is 2.17. The van der Waals surface area contributed by atoms with E-state index in [1.54, 1.807) is 0 Å². The van der Waals surface area contributed by atoms with Crippen LogP contribution in [0.2, 0.25) is 0 Å². The Kier molecular flexibility index (Phi) is 2.59. The van der Waals surface area contributed by atoms with Gasteiger partial charge < -0.3 is 4.48 Å². The van der Waals surface area contributed by atoms with Crippen LogP contribution in [0.5, 0.6) is 0 Å². The summed E-state index contributed by atoms with van der Waals surface area (Å²) in [5.41, 5.74) is 2.15. The normalized spacial score (nSPS) is 18.9. The molecule has 0 atom stereocenters. The molecule has 0 amide bonds. The van der Waals surface area contributed by atoms with Gasteiger partial charge in [-0.2, -0.15) is 0 Å². The number of hydrogen-bond acceptors (Lipinski definition) is 2. The molecule has 1 fully saturated rings. The van der Waals surface area contributed by atoms with Crippen molar-refractivity contribution in [2.24, 2.45) is 0 Å². The molecule has 0 N–H and O–H groups in total. The minimum absolute atomic E-state index is 0.969. The summed E-state index contributed by atoms with van der Waals surface area (Å²) in [4.78, 5) is 0. The molecule has 2 aromatic rings. The molecule has 0 radical (unpaired) electrons. The maximum atomic E-state index is 4.24. The Morgan fingerprint density at radius 2 is 2.00 bits per heavy atom. The summed E-state index contributed by atoms with van der Waals surface area (Å²) in [6.07, 6.45) is 2.74. The Hall–Kier alpha value is -1.42. The van der Waals surface area contributed by atoms with E-state index in [4.69, 9.17) is 0 Å². The molecular formula is C13H19N4+.